The summed E-state index contributed by atoms with van der Waals surface area (Å²) in [6, 6.07) is 17.2. The van der Waals surface area contributed by atoms with Crippen molar-refractivity contribution in [1.29, 1.82) is 0 Å². The smallest absolute Gasteiger partial charge is 0.138 e. The van der Waals surface area contributed by atoms with Crippen LogP contribution >= 0.6 is 23.2 Å². The van der Waals surface area contributed by atoms with Gasteiger partial charge in [0.05, 0.1) is 21.7 Å². The van der Waals surface area contributed by atoms with Gasteiger partial charge in [-0.2, -0.15) is 0 Å². The van der Waals surface area contributed by atoms with Crippen molar-refractivity contribution < 1.29 is 0 Å². The molecule has 2 aromatic heterocycles. The topological polar surface area (TPSA) is 41.6 Å². The molecule has 0 radical (unpaired) electrons. The third-order valence-corrected chi connectivity index (χ3v) is 4.17. The number of rotatable bonds is 2. The molecular formula is C18H11Cl2N3. The minimum absolute atomic E-state index is 0.638. The Morgan fingerprint density at radius 3 is 2.43 bits per heavy atom. The van der Waals surface area contributed by atoms with Crippen molar-refractivity contribution in [3.8, 4) is 22.6 Å². The normalized spacial score (nSPS) is 11.0. The van der Waals surface area contributed by atoms with Crippen LogP contribution in [-0.4, -0.2) is 15.0 Å². The zero-order valence-electron chi connectivity index (χ0n) is 11.9. The Hall–Kier alpha value is -2.36. The maximum absolute atomic E-state index is 6.19. The van der Waals surface area contributed by atoms with Crippen molar-refractivity contribution in [3.63, 3.8) is 0 Å². The molecule has 3 nitrogen and oxygen atoms in total. The second-order valence-electron chi connectivity index (χ2n) is 5.16. The van der Waals surface area contributed by atoms with Gasteiger partial charge in [0, 0.05) is 22.3 Å². The van der Waals surface area contributed by atoms with E-state index in [1.54, 1.807) is 6.20 Å². The van der Waals surface area contributed by atoms with Crippen LogP contribution in [0.15, 0.2) is 60.8 Å². The van der Waals surface area contributed by atoms with E-state index in [0.29, 0.717) is 10.0 Å². The molecule has 4 aromatic rings. The summed E-state index contributed by atoms with van der Waals surface area (Å²) in [5.41, 5.74) is 4.55. The molecule has 112 valence electrons. The molecule has 0 aliphatic carbocycles. The lowest BCUT2D eigenvalue weighted by Gasteiger charge is -2.04. The van der Waals surface area contributed by atoms with Crippen LogP contribution in [0.3, 0.4) is 0 Å². The minimum Gasteiger partial charge on any atom is -0.338 e. The maximum Gasteiger partial charge on any atom is 0.138 e. The molecule has 2 heterocycles. The summed E-state index contributed by atoms with van der Waals surface area (Å²) in [7, 11) is 0. The predicted molar refractivity (Wildman–Crippen MR) is 94.8 cm³/mol. The third kappa shape index (κ3) is 2.69. The number of H-pyrrole nitrogens is 1. The Morgan fingerprint density at radius 2 is 1.65 bits per heavy atom. The van der Waals surface area contributed by atoms with Gasteiger partial charge < -0.3 is 4.98 Å². The van der Waals surface area contributed by atoms with E-state index in [1.807, 2.05) is 54.6 Å². The third-order valence-electron chi connectivity index (χ3n) is 3.63. The summed E-state index contributed by atoms with van der Waals surface area (Å²) in [6.07, 6.45) is 1.73. The first-order chi connectivity index (χ1) is 11.2. The second kappa shape index (κ2) is 5.69. The number of hydrogen-bond acceptors (Lipinski definition) is 2. The number of halogens is 2. The lowest BCUT2D eigenvalue weighted by atomic mass is 10.1. The average molecular weight is 340 g/mol. The number of pyridine rings is 1. The summed E-state index contributed by atoms with van der Waals surface area (Å²) < 4.78 is 0. The molecule has 0 spiro atoms. The summed E-state index contributed by atoms with van der Waals surface area (Å²) >= 11 is 12.2. The molecule has 2 aromatic carbocycles. The van der Waals surface area contributed by atoms with Gasteiger partial charge in [-0.1, -0.05) is 47.5 Å². The maximum atomic E-state index is 6.19. The average Bonchev–Trinajstić information content (AvgIpc) is 2.98. The van der Waals surface area contributed by atoms with Crippen LogP contribution in [0.25, 0.3) is 33.7 Å². The van der Waals surface area contributed by atoms with Crippen molar-refractivity contribution in [3.05, 3.63) is 70.8 Å². The summed E-state index contributed by atoms with van der Waals surface area (Å²) in [5.74, 6) is 0.806. The molecular weight excluding hydrogens is 329 g/mol. The van der Waals surface area contributed by atoms with Crippen LogP contribution < -0.4 is 0 Å². The number of aromatic amines is 1. The molecule has 0 unspecified atom stereocenters. The second-order valence-corrected chi connectivity index (χ2v) is 6.00. The summed E-state index contributed by atoms with van der Waals surface area (Å²) in [5, 5.41) is 1.33. The van der Waals surface area contributed by atoms with E-state index in [2.05, 4.69) is 15.0 Å². The summed E-state index contributed by atoms with van der Waals surface area (Å²) in [6.45, 7) is 0. The largest absolute Gasteiger partial charge is 0.338 e. The number of fused-ring (bicyclic) bond motifs is 1. The fraction of sp³-hybridized carbons (Fsp3) is 0. The van der Waals surface area contributed by atoms with Gasteiger partial charge in [-0.25, -0.2) is 4.98 Å². The van der Waals surface area contributed by atoms with E-state index in [-0.39, 0.29) is 0 Å². The molecule has 0 saturated heterocycles. The van der Waals surface area contributed by atoms with Crippen LogP contribution in [0.1, 0.15) is 0 Å². The van der Waals surface area contributed by atoms with E-state index in [9.17, 15) is 0 Å². The highest BCUT2D eigenvalue weighted by atomic mass is 35.5. The molecule has 0 aliphatic rings. The molecule has 5 heteroatoms. The van der Waals surface area contributed by atoms with Crippen LogP contribution in [0.4, 0.5) is 0 Å². The van der Waals surface area contributed by atoms with Gasteiger partial charge in [0.15, 0.2) is 0 Å². The highest BCUT2D eigenvalue weighted by Gasteiger charge is 2.08. The van der Waals surface area contributed by atoms with Crippen molar-refractivity contribution >= 4 is 34.2 Å². The predicted octanol–water partition coefficient (Wildman–Crippen LogP) is 5.60. The van der Waals surface area contributed by atoms with Crippen molar-refractivity contribution in [2.45, 2.75) is 0 Å². The molecule has 0 atom stereocenters. The standard InChI is InChI=1S/C18H11Cl2N3/c19-13-7-8-15-16(10-13)23-18(22-15)12-5-3-11(4-6-12)17-14(20)2-1-9-21-17/h1-10H,(H,22,23). The molecule has 0 saturated carbocycles. The molecule has 4 rings (SSSR count). The van der Waals surface area contributed by atoms with E-state index >= 15 is 0 Å². The number of nitrogens with zero attached hydrogens (tertiary/aromatic N) is 2. The number of aromatic nitrogens is 3. The first-order valence-electron chi connectivity index (χ1n) is 7.07. The lowest BCUT2D eigenvalue weighted by molar-refractivity contribution is 1.31. The van der Waals surface area contributed by atoms with Crippen molar-refractivity contribution in [2.75, 3.05) is 0 Å². The van der Waals surface area contributed by atoms with Gasteiger partial charge in [-0.3, -0.25) is 4.98 Å². The Balaban J connectivity index is 1.73. The fourth-order valence-electron chi connectivity index (χ4n) is 2.50. The molecule has 0 bridgehead atoms. The zero-order chi connectivity index (χ0) is 15.8. The minimum atomic E-state index is 0.638. The van der Waals surface area contributed by atoms with Gasteiger partial charge >= 0.3 is 0 Å². The SMILES string of the molecule is Clc1ccc2nc(-c3ccc(-c4ncccc4Cl)cc3)[nH]c2c1. The highest BCUT2D eigenvalue weighted by molar-refractivity contribution is 6.33. The first kappa shape index (κ1) is 14.2. The quantitative estimate of drug-likeness (QED) is 0.516. The van der Waals surface area contributed by atoms with Crippen LogP contribution in [0.2, 0.25) is 10.0 Å². The monoisotopic (exact) mass is 339 g/mol. The van der Waals surface area contributed by atoms with Crippen LogP contribution in [0.5, 0.6) is 0 Å². The van der Waals surface area contributed by atoms with Gasteiger partial charge in [0.25, 0.3) is 0 Å². The zero-order valence-corrected chi connectivity index (χ0v) is 13.4. The summed E-state index contributed by atoms with van der Waals surface area (Å²) in [4.78, 5) is 12.2. The van der Waals surface area contributed by atoms with E-state index < -0.39 is 0 Å². The molecule has 23 heavy (non-hydrogen) atoms. The Kier molecular flexibility index (Phi) is 3.52. The lowest BCUT2D eigenvalue weighted by Crippen LogP contribution is -1.85. The number of hydrogen-bond donors (Lipinski definition) is 1. The van der Waals surface area contributed by atoms with Crippen molar-refractivity contribution in [2.24, 2.45) is 0 Å². The fourth-order valence-corrected chi connectivity index (χ4v) is 2.91. The molecule has 0 amide bonds. The number of benzene rings is 2. The molecule has 0 aliphatic heterocycles. The van der Waals surface area contributed by atoms with Gasteiger partial charge in [0.2, 0.25) is 0 Å². The Labute approximate surface area is 142 Å². The van der Waals surface area contributed by atoms with Crippen LogP contribution in [0, 0.1) is 0 Å². The highest BCUT2D eigenvalue weighted by Crippen LogP contribution is 2.28. The first-order valence-corrected chi connectivity index (χ1v) is 7.83. The van der Waals surface area contributed by atoms with Crippen molar-refractivity contribution in [1.82, 2.24) is 15.0 Å². The van der Waals surface area contributed by atoms with E-state index in [4.69, 9.17) is 23.2 Å². The van der Waals surface area contributed by atoms with E-state index in [0.717, 1.165) is 33.7 Å². The number of imidazole rings is 1. The van der Waals surface area contributed by atoms with Crippen LogP contribution in [-0.2, 0) is 0 Å². The Morgan fingerprint density at radius 1 is 0.870 bits per heavy atom. The number of nitrogens with one attached hydrogen (secondary N) is 1. The Bertz CT molecular complexity index is 991. The van der Waals surface area contributed by atoms with Gasteiger partial charge in [-0.15, -0.1) is 0 Å². The van der Waals surface area contributed by atoms with E-state index in [1.165, 1.54) is 0 Å². The molecule has 0 fully saturated rings. The van der Waals surface area contributed by atoms with Gasteiger partial charge in [-0.05, 0) is 30.3 Å². The van der Waals surface area contributed by atoms with Gasteiger partial charge in [0.1, 0.15) is 5.82 Å². The molecule has 1 N–H and O–H groups in total.